The number of benzene rings is 3. The van der Waals surface area contributed by atoms with E-state index in [-0.39, 0.29) is 23.3 Å². The fraction of sp³-hybridized carbons (Fsp3) is 0.208. The standard InChI is InChI=1S/C24H20F2O3/c1-15(27)22-12-17(22)14-28-19-6-2-16(3-7-19)23-13-21(10-11-24(23)26)29-20-8-4-18(25)5-9-20/h2-11,13,17,22H,12,14H2,1H3. The highest BCUT2D eigenvalue weighted by atomic mass is 19.1. The van der Waals surface area contributed by atoms with E-state index in [4.69, 9.17) is 9.47 Å². The average Bonchev–Trinajstić information content (AvgIpc) is 3.50. The molecule has 3 nitrogen and oxygen atoms in total. The molecule has 1 saturated carbocycles. The van der Waals surface area contributed by atoms with Gasteiger partial charge in [-0.15, -0.1) is 0 Å². The van der Waals surface area contributed by atoms with Crippen LogP contribution < -0.4 is 9.47 Å². The van der Waals surface area contributed by atoms with Crippen molar-refractivity contribution in [3.63, 3.8) is 0 Å². The van der Waals surface area contributed by atoms with E-state index < -0.39 is 0 Å². The van der Waals surface area contributed by atoms with Gasteiger partial charge in [0.15, 0.2) is 0 Å². The van der Waals surface area contributed by atoms with Gasteiger partial charge in [0.05, 0.1) is 6.61 Å². The molecule has 1 aliphatic rings. The topological polar surface area (TPSA) is 35.5 Å². The van der Waals surface area contributed by atoms with E-state index in [1.165, 1.54) is 36.4 Å². The molecule has 0 spiro atoms. The van der Waals surface area contributed by atoms with Gasteiger partial charge in [0, 0.05) is 17.4 Å². The molecule has 1 aliphatic carbocycles. The van der Waals surface area contributed by atoms with Crippen LogP contribution in [0.5, 0.6) is 17.2 Å². The predicted molar refractivity (Wildman–Crippen MR) is 106 cm³/mol. The molecule has 0 aliphatic heterocycles. The summed E-state index contributed by atoms with van der Waals surface area (Å²) in [6.07, 6.45) is 0.888. The maximum atomic E-state index is 14.4. The van der Waals surface area contributed by atoms with E-state index in [1.807, 2.05) is 0 Å². The van der Waals surface area contributed by atoms with Crippen molar-refractivity contribution >= 4 is 5.78 Å². The highest BCUT2D eigenvalue weighted by Gasteiger charge is 2.41. The number of ketones is 1. The van der Waals surface area contributed by atoms with Gasteiger partial charge < -0.3 is 9.47 Å². The molecule has 29 heavy (non-hydrogen) atoms. The first-order valence-corrected chi connectivity index (χ1v) is 9.46. The Bertz CT molecular complexity index is 1010. The summed E-state index contributed by atoms with van der Waals surface area (Å²) in [6.45, 7) is 2.13. The molecule has 0 N–H and O–H groups in total. The molecule has 4 rings (SSSR count). The highest BCUT2D eigenvalue weighted by molar-refractivity contribution is 5.81. The number of carbonyl (C=O) groups excluding carboxylic acids is 1. The van der Waals surface area contributed by atoms with Gasteiger partial charge in [-0.3, -0.25) is 4.79 Å². The smallest absolute Gasteiger partial charge is 0.133 e. The molecular weight excluding hydrogens is 374 g/mol. The largest absolute Gasteiger partial charge is 0.493 e. The number of carbonyl (C=O) groups is 1. The van der Waals surface area contributed by atoms with Crippen LogP contribution >= 0.6 is 0 Å². The van der Waals surface area contributed by atoms with Crippen molar-refractivity contribution in [2.24, 2.45) is 11.8 Å². The summed E-state index contributed by atoms with van der Waals surface area (Å²) in [5.41, 5.74) is 1.09. The molecule has 0 aromatic heterocycles. The Labute approximate surface area is 167 Å². The normalized spacial score (nSPS) is 17.6. The van der Waals surface area contributed by atoms with Gasteiger partial charge in [-0.05, 0) is 73.5 Å². The molecule has 0 radical (unpaired) electrons. The first-order chi connectivity index (χ1) is 14.0. The fourth-order valence-corrected chi connectivity index (χ4v) is 3.29. The van der Waals surface area contributed by atoms with Crippen molar-refractivity contribution in [1.29, 1.82) is 0 Å². The molecule has 0 amide bonds. The van der Waals surface area contributed by atoms with Crippen LogP contribution in [0.1, 0.15) is 13.3 Å². The van der Waals surface area contributed by atoms with Crippen molar-refractivity contribution < 1.29 is 23.0 Å². The lowest BCUT2D eigenvalue weighted by Crippen LogP contribution is -2.04. The Morgan fingerprint density at radius 2 is 1.59 bits per heavy atom. The van der Waals surface area contributed by atoms with E-state index in [9.17, 15) is 13.6 Å². The second-order valence-electron chi connectivity index (χ2n) is 7.25. The number of hydrogen-bond donors (Lipinski definition) is 0. The molecule has 2 unspecified atom stereocenters. The van der Waals surface area contributed by atoms with Gasteiger partial charge in [0.1, 0.15) is 34.7 Å². The summed E-state index contributed by atoms with van der Waals surface area (Å²) in [4.78, 5) is 11.3. The Kier molecular flexibility index (Phi) is 5.30. The quantitative estimate of drug-likeness (QED) is 0.491. The Hall–Kier alpha value is -3.21. The Morgan fingerprint density at radius 3 is 2.24 bits per heavy atom. The monoisotopic (exact) mass is 394 g/mol. The van der Waals surface area contributed by atoms with Crippen molar-refractivity contribution in [2.45, 2.75) is 13.3 Å². The third-order valence-electron chi connectivity index (χ3n) is 5.06. The molecule has 1 fully saturated rings. The van der Waals surface area contributed by atoms with Crippen LogP contribution in [0, 0.1) is 23.5 Å². The molecule has 148 valence electrons. The summed E-state index contributed by atoms with van der Waals surface area (Å²) in [7, 11) is 0. The first kappa shape index (κ1) is 19.1. The van der Waals surface area contributed by atoms with E-state index in [1.54, 1.807) is 37.3 Å². The predicted octanol–water partition coefficient (Wildman–Crippen LogP) is 6.03. The van der Waals surface area contributed by atoms with Crippen LogP contribution in [-0.2, 0) is 4.79 Å². The third kappa shape index (κ3) is 4.62. The van der Waals surface area contributed by atoms with Crippen molar-refractivity contribution in [3.05, 3.63) is 78.4 Å². The van der Waals surface area contributed by atoms with Crippen LogP contribution in [0.3, 0.4) is 0 Å². The Balaban J connectivity index is 1.44. The first-order valence-electron chi connectivity index (χ1n) is 9.46. The molecule has 0 bridgehead atoms. The zero-order valence-electron chi connectivity index (χ0n) is 15.9. The molecule has 0 saturated heterocycles. The fourth-order valence-electron chi connectivity index (χ4n) is 3.29. The number of Topliss-reactive ketones (excluding diaryl/α,β-unsaturated/α-hetero) is 1. The second-order valence-corrected chi connectivity index (χ2v) is 7.25. The minimum Gasteiger partial charge on any atom is -0.493 e. The molecule has 0 heterocycles. The zero-order chi connectivity index (χ0) is 20.4. The summed E-state index contributed by atoms with van der Waals surface area (Å²) >= 11 is 0. The maximum absolute atomic E-state index is 14.4. The Morgan fingerprint density at radius 1 is 0.931 bits per heavy atom. The second kappa shape index (κ2) is 8.03. The SMILES string of the molecule is CC(=O)C1CC1COc1ccc(-c2cc(Oc3ccc(F)cc3)ccc2F)cc1. The minimum atomic E-state index is -0.368. The van der Waals surface area contributed by atoms with Gasteiger partial charge in [-0.25, -0.2) is 8.78 Å². The van der Waals surface area contributed by atoms with Gasteiger partial charge in [0.25, 0.3) is 0 Å². The van der Waals surface area contributed by atoms with Gasteiger partial charge >= 0.3 is 0 Å². The number of rotatable bonds is 7. The molecule has 3 aromatic rings. The van der Waals surface area contributed by atoms with Gasteiger partial charge in [-0.2, -0.15) is 0 Å². The summed E-state index contributed by atoms with van der Waals surface area (Å²) in [6, 6.07) is 17.3. The van der Waals surface area contributed by atoms with Crippen LogP contribution in [0.15, 0.2) is 66.7 Å². The van der Waals surface area contributed by atoms with Crippen molar-refractivity contribution in [2.75, 3.05) is 6.61 Å². The lowest BCUT2D eigenvalue weighted by Gasteiger charge is -2.10. The number of halogens is 2. The van der Waals surface area contributed by atoms with Crippen LogP contribution in [0.4, 0.5) is 8.78 Å². The van der Waals surface area contributed by atoms with Crippen molar-refractivity contribution in [1.82, 2.24) is 0 Å². The van der Waals surface area contributed by atoms with Crippen molar-refractivity contribution in [3.8, 4) is 28.4 Å². The average molecular weight is 394 g/mol. The van der Waals surface area contributed by atoms with Crippen LogP contribution in [-0.4, -0.2) is 12.4 Å². The lowest BCUT2D eigenvalue weighted by molar-refractivity contribution is -0.118. The van der Waals surface area contributed by atoms with Gasteiger partial charge in [-0.1, -0.05) is 12.1 Å². The highest BCUT2D eigenvalue weighted by Crippen LogP contribution is 2.39. The van der Waals surface area contributed by atoms with Crippen LogP contribution in [0.25, 0.3) is 11.1 Å². The summed E-state index contributed by atoms with van der Waals surface area (Å²) < 4.78 is 38.8. The summed E-state index contributed by atoms with van der Waals surface area (Å²) in [5.74, 6) is 1.53. The minimum absolute atomic E-state index is 0.132. The zero-order valence-corrected chi connectivity index (χ0v) is 15.9. The number of hydrogen-bond acceptors (Lipinski definition) is 3. The van der Waals surface area contributed by atoms with E-state index in [0.29, 0.717) is 40.9 Å². The van der Waals surface area contributed by atoms with Crippen LogP contribution in [0.2, 0.25) is 0 Å². The molecule has 5 heteroatoms. The van der Waals surface area contributed by atoms with E-state index >= 15 is 0 Å². The summed E-state index contributed by atoms with van der Waals surface area (Å²) in [5, 5.41) is 0. The third-order valence-corrected chi connectivity index (χ3v) is 5.06. The molecule has 2 atom stereocenters. The van der Waals surface area contributed by atoms with Gasteiger partial charge in [0.2, 0.25) is 0 Å². The lowest BCUT2D eigenvalue weighted by atomic mass is 10.0. The maximum Gasteiger partial charge on any atom is 0.133 e. The van der Waals surface area contributed by atoms with E-state index in [0.717, 1.165) is 6.42 Å². The molecular formula is C24H20F2O3. The number of ether oxygens (including phenoxy) is 2. The molecule has 3 aromatic carbocycles. The van der Waals surface area contributed by atoms with E-state index in [2.05, 4.69) is 0 Å².